The molecule has 3 aromatic heterocycles. The molecule has 3 aromatic carbocycles. The van der Waals surface area contributed by atoms with Gasteiger partial charge >= 0.3 is 0 Å². The molecule has 2 nitrogen and oxygen atoms in total. The number of furan rings is 1. The van der Waals surface area contributed by atoms with Gasteiger partial charge in [0.05, 0.1) is 5.69 Å². The first kappa shape index (κ1) is 21.1. The van der Waals surface area contributed by atoms with Gasteiger partial charge in [-0.2, -0.15) is 0 Å². The molecule has 0 bridgehead atoms. The maximum atomic E-state index is 6.46. The molecule has 3 heterocycles. The Labute approximate surface area is 203 Å². The number of fused-ring (bicyclic) bond motifs is 5. The van der Waals surface area contributed by atoms with Crippen molar-refractivity contribution in [2.24, 2.45) is 0 Å². The summed E-state index contributed by atoms with van der Waals surface area (Å²) in [5, 5.41) is 5.76. The number of pyridine rings is 1. The van der Waals surface area contributed by atoms with Gasteiger partial charge in [-0.15, -0.1) is 11.3 Å². The second kappa shape index (κ2) is 7.54. The minimum Gasteiger partial charge on any atom is -0.455 e. The quantitative estimate of drug-likeness (QED) is 0.257. The lowest BCUT2D eigenvalue weighted by Gasteiger charge is -2.25. The van der Waals surface area contributed by atoms with Crippen LogP contribution >= 0.6 is 11.3 Å². The van der Waals surface area contributed by atoms with Gasteiger partial charge in [0.1, 0.15) is 11.2 Å². The summed E-state index contributed by atoms with van der Waals surface area (Å²) in [6.45, 7) is 11.2. The van der Waals surface area contributed by atoms with Gasteiger partial charge in [0, 0.05) is 32.8 Å². The predicted molar refractivity (Wildman–Crippen MR) is 146 cm³/mol. The highest BCUT2D eigenvalue weighted by Crippen LogP contribution is 2.42. The summed E-state index contributed by atoms with van der Waals surface area (Å²) in [7, 11) is 0. The number of aryl methyl sites for hydroxylation is 2. The zero-order valence-corrected chi connectivity index (χ0v) is 21.0. The van der Waals surface area contributed by atoms with Crippen molar-refractivity contribution in [1.29, 1.82) is 0 Å². The molecule has 0 saturated heterocycles. The van der Waals surface area contributed by atoms with Gasteiger partial charge < -0.3 is 4.42 Å². The molecule has 0 aliphatic carbocycles. The first-order valence-corrected chi connectivity index (χ1v) is 12.6. The molecule has 0 atom stereocenters. The Morgan fingerprint density at radius 1 is 0.853 bits per heavy atom. The highest BCUT2D eigenvalue weighted by atomic mass is 32.1. The number of aromatic nitrogens is 1. The Morgan fingerprint density at radius 2 is 1.62 bits per heavy atom. The van der Waals surface area contributed by atoms with Crippen molar-refractivity contribution in [3.8, 4) is 22.4 Å². The number of benzene rings is 3. The number of thiophene rings is 1. The lowest BCUT2D eigenvalue weighted by molar-refractivity contribution is 0.591. The SMILES string of the molecule is Cc1cccc(C)c1-c1cnc(-c2cccc3c2oc2ccc4ccsc4c23)cc1C(C)(C)C. The Bertz CT molecular complexity index is 1690. The summed E-state index contributed by atoms with van der Waals surface area (Å²) in [6, 6.07) is 21.6. The number of nitrogens with zero attached hydrogens (tertiary/aromatic N) is 1. The summed E-state index contributed by atoms with van der Waals surface area (Å²) in [6.07, 6.45) is 2.06. The molecule has 0 unspecified atom stereocenters. The molecular weight excluding hydrogens is 434 g/mol. The van der Waals surface area contributed by atoms with E-state index in [0.29, 0.717) is 0 Å². The fourth-order valence-corrected chi connectivity index (χ4v) is 6.12. The summed E-state index contributed by atoms with van der Waals surface area (Å²) in [5.74, 6) is 0. The number of hydrogen-bond donors (Lipinski definition) is 0. The molecule has 168 valence electrons. The average molecular weight is 462 g/mol. The second-order valence-corrected chi connectivity index (χ2v) is 11.1. The molecule has 0 radical (unpaired) electrons. The van der Waals surface area contributed by atoms with E-state index < -0.39 is 0 Å². The lowest BCUT2D eigenvalue weighted by atomic mass is 9.80. The van der Waals surface area contributed by atoms with E-state index in [1.165, 1.54) is 43.3 Å². The molecule has 34 heavy (non-hydrogen) atoms. The maximum absolute atomic E-state index is 6.46. The predicted octanol–water partition coefficient (Wildman–Crippen LogP) is 9.44. The molecule has 0 spiro atoms. The molecule has 0 N–H and O–H groups in total. The van der Waals surface area contributed by atoms with Crippen LogP contribution in [0.25, 0.3) is 54.4 Å². The van der Waals surface area contributed by atoms with Crippen LogP contribution in [0, 0.1) is 13.8 Å². The van der Waals surface area contributed by atoms with E-state index in [1.807, 2.05) is 0 Å². The van der Waals surface area contributed by atoms with E-state index in [2.05, 4.69) is 107 Å². The summed E-state index contributed by atoms with van der Waals surface area (Å²) in [4.78, 5) is 5.00. The monoisotopic (exact) mass is 461 g/mol. The van der Waals surface area contributed by atoms with E-state index in [4.69, 9.17) is 9.40 Å². The summed E-state index contributed by atoms with van der Waals surface area (Å²) < 4.78 is 7.74. The second-order valence-electron chi connectivity index (χ2n) is 10.2. The van der Waals surface area contributed by atoms with E-state index in [-0.39, 0.29) is 5.41 Å². The van der Waals surface area contributed by atoms with Crippen LogP contribution in [0.2, 0.25) is 0 Å². The van der Waals surface area contributed by atoms with Gasteiger partial charge in [-0.1, -0.05) is 51.1 Å². The Morgan fingerprint density at radius 3 is 2.38 bits per heavy atom. The summed E-state index contributed by atoms with van der Waals surface area (Å²) >= 11 is 1.77. The minimum atomic E-state index is -0.0351. The first-order valence-electron chi connectivity index (χ1n) is 11.7. The topological polar surface area (TPSA) is 26.0 Å². The van der Waals surface area contributed by atoms with Crippen molar-refractivity contribution in [2.45, 2.75) is 40.0 Å². The third-order valence-electron chi connectivity index (χ3n) is 6.82. The van der Waals surface area contributed by atoms with E-state index in [9.17, 15) is 0 Å². The van der Waals surface area contributed by atoms with Gasteiger partial charge in [0.15, 0.2) is 0 Å². The normalized spacial score (nSPS) is 12.3. The van der Waals surface area contributed by atoms with E-state index >= 15 is 0 Å². The average Bonchev–Trinajstić information content (AvgIpc) is 3.42. The largest absolute Gasteiger partial charge is 0.455 e. The van der Waals surface area contributed by atoms with Crippen molar-refractivity contribution in [3.63, 3.8) is 0 Å². The van der Waals surface area contributed by atoms with Crippen LogP contribution in [0.5, 0.6) is 0 Å². The molecule has 0 saturated carbocycles. The maximum Gasteiger partial charge on any atom is 0.144 e. The molecule has 0 fully saturated rings. The fraction of sp³-hybridized carbons (Fsp3) is 0.194. The van der Waals surface area contributed by atoms with Crippen LogP contribution in [-0.4, -0.2) is 4.98 Å². The van der Waals surface area contributed by atoms with Crippen LogP contribution in [0.1, 0.15) is 37.5 Å². The lowest BCUT2D eigenvalue weighted by Crippen LogP contribution is -2.14. The molecule has 0 amide bonds. The van der Waals surface area contributed by atoms with Crippen molar-refractivity contribution in [1.82, 2.24) is 4.98 Å². The Hall–Kier alpha value is -3.43. The van der Waals surface area contributed by atoms with E-state index in [1.54, 1.807) is 11.3 Å². The van der Waals surface area contributed by atoms with Crippen LogP contribution < -0.4 is 0 Å². The van der Waals surface area contributed by atoms with Crippen LogP contribution in [0.15, 0.2) is 76.7 Å². The van der Waals surface area contributed by atoms with Crippen LogP contribution in [-0.2, 0) is 5.41 Å². The van der Waals surface area contributed by atoms with Gasteiger partial charge in [0.25, 0.3) is 0 Å². The van der Waals surface area contributed by atoms with Gasteiger partial charge in [0.2, 0.25) is 0 Å². The van der Waals surface area contributed by atoms with Crippen molar-refractivity contribution in [3.05, 3.63) is 88.9 Å². The molecule has 6 rings (SSSR count). The zero-order valence-electron chi connectivity index (χ0n) is 20.2. The standard InChI is InChI=1S/C31H27NOS/c1-18-8-6-9-19(2)27(18)23-17-32-25(16-24(23)31(3,4)5)21-10-7-11-22-28-26(33-29(21)22)13-12-20-14-15-34-30(20)28/h6-17H,1-5H3. The van der Waals surface area contributed by atoms with Crippen molar-refractivity contribution < 1.29 is 4.42 Å². The Balaban J connectivity index is 1.62. The minimum absolute atomic E-state index is 0.0351. The third kappa shape index (κ3) is 3.19. The molecular formula is C31H27NOS. The third-order valence-corrected chi connectivity index (χ3v) is 7.77. The smallest absolute Gasteiger partial charge is 0.144 e. The first-order chi connectivity index (χ1) is 16.3. The fourth-order valence-electron chi connectivity index (χ4n) is 5.17. The van der Waals surface area contributed by atoms with Gasteiger partial charge in [-0.05, 0) is 82.6 Å². The number of para-hydroxylation sites is 1. The van der Waals surface area contributed by atoms with Gasteiger partial charge in [-0.3, -0.25) is 4.98 Å². The molecule has 0 aliphatic rings. The van der Waals surface area contributed by atoms with Gasteiger partial charge in [-0.25, -0.2) is 0 Å². The van der Waals surface area contributed by atoms with Crippen LogP contribution in [0.4, 0.5) is 0 Å². The zero-order chi connectivity index (χ0) is 23.6. The van der Waals surface area contributed by atoms with Crippen LogP contribution in [0.3, 0.4) is 0 Å². The van der Waals surface area contributed by atoms with E-state index in [0.717, 1.165) is 27.8 Å². The van der Waals surface area contributed by atoms with Crippen molar-refractivity contribution in [2.75, 3.05) is 0 Å². The molecule has 6 aromatic rings. The van der Waals surface area contributed by atoms with Crippen molar-refractivity contribution >= 4 is 43.4 Å². The highest BCUT2D eigenvalue weighted by molar-refractivity contribution is 7.18. The number of hydrogen-bond acceptors (Lipinski definition) is 3. The molecule has 0 aliphatic heterocycles. The number of rotatable bonds is 2. The highest BCUT2D eigenvalue weighted by Gasteiger charge is 2.23. The summed E-state index contributed by atoms with van der Waals surface area (Å²) in [5.41, 5.74) is 10.1. The Kier molecular flexibility index (Phi) is 4.69. The molecule has 3 heteroatoms.